The van der Waals surface area contributed by atoms with Gasteiger partial charge >= 0.3 is 0 Å². The highest BCUT2D eigenvalue weighted by Gasteiger charge is 2.31. The first-order chi connectivity index (χ1) is 13.1. The lowest BCUT2D eigenvalue weighted by atomic mass is 10.1. The molecule has 0 radical (unpaired) electrons. The van der Waals surface area contributed by atoms with Crippen LogP contribution in [0.15, 0.2) is 30.5 Å². The van der Waals surface area contributed by atoms with E-state index in [2.05, 4.69) is 20.2 Å². The van der Waals surface area contributed by atoms with Crippen LogP contribution in [0.3, 0.4) is 0 Å². The molecular weight excluding hydrogens is 346 g/mol. The number of ether oxygens (including phenoxy) is 2. The van der Waals surface area contributed by atoms with Gasteiger partial charge in [-0.1, -0.05) is 6.92 Å². The van der Waals surface area contributed by atoms with Crippen molar-refractivity contribution in [1.82, 2.24) is 20.2 Å². The predicted octanol–water partition coefficient (Wildman–Crippen LogP) is 2.61. The summed E-state index contributed by atoms with van der Waals surface area (Å²) < 4.78 is 10.5. The molecule has 4 heterocycles. The molecule has 1 amide bonds. The highest BCUT2D eigenvalue weighted by atomic mass is 16.5. The number of hydrogen-bond donors (Lipinski definition) is 1. The summed E-state index contributed by atoms with van der Waals surface area (Å²) in [5.41, 5.74) is 3.79. The van der Waals surface area contributed by atoms with E-state index in [4.69, 9.17) is 9.47 Å². The monoisotopic (exact) mass is 365 g/mol. The van der Waals surface area contributed by atoms with Gasteiger partial charge in [0, 0.05) is 23.5 Å². The van der Waals surface area contributed by atoms with E-state index >= 15 is 0 Å². The maximum atomic E-state index is 12.7. The van der Waals surface area contributed by atoms with Crippen LogP contribution in [0.2, 0.25) is 0 Å². The number of aryl methyl sites for hydroxylation is 1. The summed E-state index contributed by atoms with van der Waals surface area (Å²) in [6, 6.07) is 7.31. The van der Waals surface area contributed by atoms with Crippen molar-refractivity contribution in [3.05, 3.63) is 47.4 Å². The van der Waals surface area contributed by atoms with Gasteiger partial charge in [-0.15, -0.1) is 0 Å². The molecule has 27 heavy (non-hydrogen) atoms. The smallest absolute Gasteiger partial charge is 0.261 e. The average Bonchev–Trinajstić information content (AvgIpc) is 3.31. The third-order valence-corrected chi connectivity index (χ3v) is 4.56. The van der Waals surface area contributed by atoms with E-state index in [9.17, 15) is 4.79 Å². The number of nitrogens with one attached hydrogen (secondary N) is 1. The molecule has 0 aliphatic carbocycles. The first-order valence-electron chi connectivity index (χ1n) is 8.59. The van der Waals surface area contributed by atoms with Crippen molar-refractivity contribution in [2.24, 2.45) is 0 Å². The van der Waals surface area contributed by atoms with Gasteiger partial charge in [-0.2, -0.15) is 5.10 Å². The number of carbonyl (C=O) groups is 1. The molecule has 0 aromatic carbocycles. The zero-order chi connectivity index (χ0) is 19.0. The molecule has 8 nitrogen and oxygen atoms in total. The summed E-state index contributed by atoms with van der Waals surface area (Å²) >= 11 is 0. The van der Waals surface area contributed by atoms with Gasteiger partial charge in [-0.05, 0) is 24.6 Å². The van der Waals surface area contributed by atoms with E-state index in [1.807, 2.05) is 25.1 Å². The minimum absolute atomic E-state index is 0.0939. The van der Waals surface area contributed by atoms with Crippen LogP contribution in [-0.4, -0.2) is 40.3 Å². The number of aromatic nitrogens is 4. The lowest BCUT2D eigenvalue weighted by molar-refractivity contribution is 0.0996. The average molecular weight is 365 g/mol. The number of fused-ring (bicyclic) bond motifs is 1. The van der Waals surface area contributed by atoms with Gasteiger partial charge in [-0.3, -0.25) is 19.8 Å². The van der Waals surface area contributed by atoms with Crippen molar-refractivity contribution in [1.29, 1.82) is 0 Å². The Labute approximate surface area is 156 Å². The second-order valence-corrected chi connectivity index (χ2v) is 6.12. The maximum Gasteiger partial charge on any atom is 0.261 e. The van der Waals surface area contributed by atoms with Crippen molar-refractivity contribution in [3.63, 3.8) is 0 Å². The minimum Gasteiger partial charge on any atom is -0.491 e. The fraction of sp³-hybridized carbons (Fsp3) is 0.263. The van der Waals surface area contributed by atoms with E-state index in [0.717, 1.165) is 17.7 Å². The zero-order valence-electron chi connectivity index (χ0n) is 15.3. The van der Waals surface area contributed by atoms with Gasteiger partial charge in [0.1, 0.15) is 0 Å². The Hall–Kier alpha value is -3.42. The molecule has 0 unspecified atom stereocenters. The van der Waals surface area contributed by atoms with Crippen molar-refractivity contribution in [2.75, 3.05) is 19.1 Å². The van der Waals surface area contributed by atoms with Gasteiger partial charge in [-0.25, -0.2) is 4.98 Å². The Morgan fingerprint density at radius 3 is 2.78 bits per heavy atom. The molecular formula is C19H19N5O3. The van der Waals surface area contributed by atoms with Crippen LogP contribution in [0.5, 0.6) is 11.6 Å². The van der Waals surface area contributed by atoms with Crippen LogP contribution in [0.1, 0.15) is 28.7 Å². The topological polar surface area (TPSA) is 93.2 Å². The normalized spacial score (nSPS) is 13.0. The molecule has 3 aromatic rings. The summed E-state index contributed by atoms with van der Waals surface area (Å²) in [4.78, 5) is 23.3. The summed E-state index contributed by atoms with van der Waals surface area (Å²) in [7, 11) is 3.10. The third-order valence-electron chi connectivity index (χ3n) is 4.56. The molecule has 0 saturated heterocycles. The van der Waals surface area contributed by atoms with E-state index in [1.165, 1.54) is 7.11 Å². The van der Waals surface area contributed by atoms with Crippen molar-refractivity contribution >= 4 is 11.7 Å². The second-order valence-electron chi connectivity index (χ2n) is 6.12. The standard InChI is InChI=1S/C19H19N5O3/c1-4-12-8-17(23-22-12)24-10-15-13(19(24)25)5-6-14(21-15)11-7-16(26-2)18(27-3)20-9-11/h5-9H,4,10H2,1-3H3,(H,22,23). The number of anilines is 1. The van der Waals surface area contributed by atoms with Crippen LogP contribution in [-0.2, 0) is 13.0 Å². The molecule has 4 rings (SSSR count). The quantitative estimate of drug-likeness (QED) is 0.747. The Balaban J connectivity index is 1.66. The Bertz CT molecular complexity index is 1010. The maximum absolute atomic E-state index is 12.7. The molecule has 0 atom stereocenters. The lowest BCUT2D eigenvalue weighted by Gasteiger charge is -2.10. The van der Waals surface area contributed by atoms with E-state index in [-0.39, 0.29) is 5.91 Å². The van der Waals surface area contributed by atoms with Crippen LogP contribution in [0.25, 0.3) is 11.3 Å². The van der Waals surface area contributed by atoms with Crippen molar-refractivity contribution in [3.8, 4) is 22.9 Å². The summed E-state index contributed by atoms with van der Waals surface area (Å²) in [6.45, 7) is 2.42. The van der Waals surface area contributed by atoms with E-state index in [1.54, 1.807) is 24.3 Å². The molecule has 1 N–H and O–H groups in total. The fourth-order valence-electron chi connectivity index (χ4n) is 3.07. The molecule has 138 valence electrons. The van der Waals surface area contributed by atoms with Crippen molar-refractivity contribution < 1.29 is 14.3 Å². The summed E-state index contributed by atoms with van der Waals surface area (Å²) in [6.07, 6.45) is 2.50. The molecule has 0 bridgehead atoms. The fourth-order valence-corrected chi connectivity index (χ4v) is 3.07. The molecule has 0 spiro atoms. The number of pyridine rings is 2. The Morgan fingerprint density at radius 1 is 1.22 bits per heavy atom. The highest BCUT2D eigenvalue weighted by Crippen LogP contribution is 2.32. The van der Waals surface area contributed by atoms with Gasteiger partial charge in [0.05, 0.1) is 37.7 Å². The zero-order valence-corrected chi connectivity index (χ0v) is 15.3. The number of carbonyl (C=O) groups excluding carboxylic acids is 1. The number of H-pyrrole nitrogens is 1. The van der Waals surface area contributed by atoms with Crippen LogP contribution >= 0.6 is 0 Å². The van der Waals surface area contributed by atoms with Gasteiger partial charge < -0.3 is 9.47 Å². The van der Waals surface area contributed by atoms with Crippen LogP contribution in [0, 0.1) is 0 Å². The summed E-state index contributed by atoms with van der Waals surface area (Å²) in [5, 5.41) is 7.18. The Kier molecular flexibility index (Phi) is 4.23. The van der Waals surface area contributed by atoms with E-state index < -0.39 is 0 Å². The first-order valence-corrected chi connectivity index (χ1v) is 8.59. The first kappa shape index (κ1) is 17.0. The second kappa shape index (κ2) is 6.71. The molecule has 0 saturated carbocycles. The third kappa shape index (κ3) is 2.88. The van der Waals surface area contributed by atoms with E-state index in [0.29, 0.717) is 40.9 Å². The molecule has 1 aliphatic heterocycles. The number of rotatable bonds is 5. The van der Waals surface area contributed by atoms with Crippen molar-refractivity contribution in [2.45, 2.75) is 19.9 Å². The molecule has 8 heteroatoms. The van der Waals surface area contributed by atoms with Crippen LogP contribution < -0.4 is 14.4 Å². The van der Waals surface area contributed by atoms with Gasteiger partial charge in [0.2, 0.25) is 0 Å². The SMILES string of the molecule is CCc1cc(N2Cc3nc(-c4cnc(OC)c(OC)c4)ccc3C2=O)n[nH]1. The number of aromatic amines is 1. The number of amides is 1. The predicted molar refractivity (Wildman–Crippen MR) is 99.1 cm³/mol. The molecule has 3 aromatic heterocycles. The highest BCUT2D eigenvalue weighted by molar-refractivity contribution is 6.09. The van der Waals surface area contributed by atoms with Crippen LogP contribution in [0.4, 0.5) is 5.82 Å². The Morgan fingerprint density at radius 2 is 2.07 bits per heavy atom. The largest absolute Gasteiger partial charge is 0.491 e. The molecule has 0 fully saturated rings. The molecule has 1 aliphatic rings. The minimum atomic E-state index is -0.0939. The number of methoxy groups -OCH3 is 2. The number of hydrogen-bond acceptors (Lipinski definition) is 6. The summed E-state index contributed by atoms with van der Waals surface area (Å²) in [5.74, 6) is 1.46. The number of nitrogens with zero attached hydrogens (tertiary/aromatic N) is 4. The van der Waals surface area contributed by atoms with Gasteiger partial charge in [0.25, 0.3) is 11.8 Å². The van der Waals surface area contributed by atoms with Gasteiger partial charge in [0.15, 0.2) is 11.6 Å². The lowest BCUT2D eigenvalue weighted by Crippen LogP contribution is -2.23.